The molecule has 4 N–H and O–H groups in total. The summed E-state index contributed by atoms with van der Waals surface area (Å²) in [5, 5.41) is 45.0. The molecule has 0 heterocycles. The van der Waals surface area contributed by atoms with Crippen molar-refractivity contribution < 1.29 is 58.6 Å². The minimum absolute atomic E-state index is 0.0856. The maximum Gasteiger partial charge on any atom is 0.432 e. The number of aryl methyl sites for hydroxylation is 4. The molecule has 0 unspecified atom stereocenters. The number of rotatable bonds is 18. The lowest BCUT2D eigenvalue weighted by atomic mass is 9.78. The summed E-state index contributed by atoms with van der Waals surface area (Å²) in [6.45, 7) is 50.8. The van der Waals surface area contributed by atoms with Crippen LogP contribution in [0.4, 0.5) is 0 Å². The van der Waals surface area contributed by atoms with Crippen LogP contribution >= 0.6 is 0 Å². The van der Waals surface area contributed by atoms with Gasteiger partial charge in [0.15, 0.2) is 0 Å². The van der Waals surface area contributed by atoms with E-state index in [-0.39, 0.29) is 79.8 Å². The zero-order valence-electron chi connectivity index (χ0n) is 57.0. The molecule has 472 valence electrons. The van der Waals surface area contributed by atoms with Crippen LogP contribution in [0.5, 0.6) is 23.0 Å². The van der Waals surface area contributed by atoms with Crippen LogP contribution in [0.25, 0.3) is 0 Å². The van der Waals surface area contributed by atoms with Gasteiger partial charge in [0.2, 0.25) is 0 Å². The quantitative estimate of drug-likeness (QED) is 0.0546. The predicted octanol–water partition coefficient (Wildman–Crippen LogP) is 16.6. The Hall–Kier alpha value is -6.04. The van der Waals surface area contributed by atoms with Crippen LogP contribution in [0.15, 0.2) is 48.5 Å². The molecule has 0 saturated carbocycles. The van der Waals surface area contributed by atoms with E-state index >= 15 is 0 Å². The molecule has 0 fully saturated rings. The van der Waals surface area contributed by atoms with Crippen molar-refractivity contribution in [3.8, 4) is 23.0 Å². The fraction of sp³-hybridized carbons (Fsp3) is 0.616. The molecule has 4 rings (SSSR count). The SMILES string of the molecule is CC(C)(C)c1cc(CCC(=O)OCC(C)(C)C(OC(=O)CCc2cc(C(C)(C)C)c(O)cc2C(C)(C)C)(OC(=O)CCc2cc(C(C)(C)C)c(O)cc2C(C)(C)C)OC(=O)CCc2cc(C(C)(C)C)c(O)cc2C(C)(C)C)c(C(C)(C)C)cc1O. The van der Waals surface area contributed by atoms with E-state index in [1.54, 1.807) is 38.1 Å². The molecule has 4 aromatic carbocycles. The van der Waals surface area contributed by atoms with Gasteiger partial charge in [0.1, 0.15) is 35.0 Å². The first kappa shape index (κ1) is 71.4. The van der Waals surface area contributed by atoms with E-state index in [0.29, 0.717) is 16.7 Å². The normalized spacial score (nSPS) is 13.4. The largest absolute Gasteiger partial charge is 0.508 e. The molecule has 0 aliphatic rings. The molecule has 0 aliphatic carbocycles. The Labute approximate surface area is 511 Å². The van der Waals surface area contributed by atoms with Gasteiger partial charge in [-0.15, -0.1) is 0 Å². The summed E-state index contributed by atoms with van der Waals surface area (Å²) >= 11 is 0. The number of esters is 4. The molecule has 0 atom stereocenters. The van der Waals surface area contributed by atoms with Gasteiger partial charge in [-0.05, 0) is 174 Å². The molecule has 85 heavy (non-hydrogen) atoms. The maximum absolute atomic E-state index is 15.0. The van der Waals surface area contributed by atoms with Crippen LogP contribution in [0.2, 0.25) is 0 Å². The minimum atomic E-state index is -2.83. The van der Waals surface area contributed by atoms with Crippen LogP contribution in [0.3, 0.4) is 0 Å². The van der Waals surface area contributed by atoms with Crippen molar-refractivity contribution in [3.63, 3.8) is 0 Å². The minimum Gasteiger partial charge on any atom is -0.508 e. The van der Waals surface area contributed by atoms with Gasteiger partial charge in [0.05, 0.1) is 0 Å². The third kappa shape index (κ3) is 18.5. The van der Waals surface area contributed by atoms with Crippen molar-refractivity contribution >= 4 is 23.9 Å². The lowest BCUT2D eigenvalue weighted by molar-refractivity contribution is -0.377. The van der Waals surface area contributed by atoms with E-state index < -0.39 is 79.8 Å². The van der Waals surface area contributed by atoms with Crippen LogP contribution in [0.1, 0.15) is 272 Å². The van der Waals surface area contributed by atoms with Crippen LogP contribution in [-0.4, -0.2) is 56.9 Å². The molecule has 0 radical (unpaired) electrons. The Bertz CT molecular complexity index is 2840. The van der Waals surface area contributed by atoms with E-state index in [4.69, 9.17) is 18.9 Å². The highest BCUT2D eigenvalue weighted by Crippen LogP contribution is 2.44. The number of phenolic OH excluding ortho intramolecular Hbond substituents is 4. The van der Waals surface area contributed by atoms with E-state index in [0.717, 1.165) is 50.1 Å². The smallest absolute Gasteiger partial charge is 0.432 e. The van der Waals surface area contributed by atoms with Gasteiger partial charge < -0.3 is 39.4 Å². The molecule has 0 bridgehead atoms. The van der Waals surface area contributed by atoms with Crippen molar-refractivity contribution in [1.29, 1.82) is 0 Å². The fourth-order valence-electron chi connectivity index (χ4n) is 11.0. The van der Waals surface area contributed by atoms with Gasteiger partial charge in [-0.3, -0.25) is 19.2 Å². The van der Waals surface area contributed by atoms with Crippen molar-refractivity contribution in [3.05, 3.63) is 115 Å². The number of ether oxygens (including phenoxy) is 4. The first-order chi connectivity index (χ1) is 38.2. The lowest BCUT2D eigenvalue weighted by Gasteiger charge is -2.41. The molecule has 12 nitrogen and oxygen atoms in total. The Balaban J connectivity index is 1.92. The molecule has 0 amide bonds. The molecule has 0 aromatic heterocycles. The molecular weight excluding hydrogens is 1070 g/mol. The number of hydrogen-bond acceptors (Lipinski definition) is 12. The molecule has 0 saturated heterocycles. The average Bonchev–Trinajstić information content (AvgIpc) is 2.96. The Kier molecular flexibility index (Phi) is 21.3. The highest BCUT2D eigenvalue weighted by Gasteiger charge is 2.58. The second kappa shape index (κ2) is 25.4. The Morgan fingerprint density at radius 2 is 0.482 bits per heavy atom. The van der Waals surface area contributed by atoms with Crippen molar-refractivity contribution in [2.45, 2.75) is 281 Å². The summed E-state index contributed by atoms with van der Waals surface area (Å²) in [6.07, 6.45) is -0.264. The second-order valence-corrected chi connectivity index (χ2v) is 32.6. The molecule has 12 heteroatoms. The second-order valence-electron chi connectivity index (χ2n) is 32.6. The standard InChI is InChI=1S/C73H108O12/c1-64(2,3)48-39-56(74)52(68(13,14)15)35-44(48)27-31-60(78)82-43-72(25,26)73(83-61(79)32-28-45-36-53(69(16,17)18)57(75)40-49(45)65(4,5)6,84-62(80)33-29-46-37-54(70(19,20)21)58(76)41-50(46)66(7,8)9)85-63(81)34-30-47-38-55(71(22,23)24)59(77)42-51(47)67(10,11)12/h35-42,74-77H,27-34,43H2,1-26H3. The molecular formula is C73H108O12. The monoisotopic (exact) mass is 1180 g/mol. The zero-order chi connectivity index (χ0) is 65.4. The topological polar surface area (TPSA) is 186 Å². The maximum atomic E-state index is 15.0. The summed E-state index contributed by atoms with van der Waals surface area (Å²) in [5.74, 6) is -5.51. The van der Waals surface area contributed by atoms with Gasteiger partial charge in [-0.25, -0.2) is 0 Å². The molecule has 0 aliphatic heterocycles. The van der Waals surface area contributed by atoms with Gasteiger partial charge in [-0.1, -0.05) is 190 Å². The van der Waals surface area contributed by atoms with E-state index in [1.807, 2.05) is 190 Å². The fourth-order valence-corrected chi connectivity index (χ4v) is 11.0. The third-order valence-corrected chi connectivity index (χ3v) is 15.9. The first-order valence-electron chi connectivity index (χ1n) is 30.5. The number of phenols is 4. The molecule has 4 aromatic rings. The predicted molar refractivity (Wildman–Crippen MR) is 341 cm³/mol. The van der Waals surface area contributed by atoms with E-state index in [1.165, 1.54) is 0 Å². The number of carbonyl (C=O) groups is 4. The van der Waals surface area contributed by atoms with Crippen molar-refractivity contribution in [1.82, 2.24) is 0 Å². The van der Waals surface area contributed by atoms with Crippen LogP contribution in [0, 0.1) is 5.41 Å². The number of carbonyl (C=O) groups excluding carboxylic acids is 4. The third-order valence-electron chi connectivity index (χ3n) is 15.9. The molecule has 0 spiro atoms. The zero-order valence-corrected chi connectivity index (χ0v) is 57.0. The van der Waals surface area contributed by atoms with E-state index in [2.05, 4.69) is 0 Å². The van der Waals surface area contributed by atoms with E-state index in [9.17, 15) is 39.6 Å². The summed E-state index contributed by atoms with van der Waals surface area (Å²) < 4.78 is 25.5. The van der Waals surface area contributed by atoms with Crippen molar-refractivity contribution in [2.75, 3.05) is 6.61 Å². The summed E-state index contributed by atoms with van der Waals surface area (Å²) in [4.78, 5) is 59.1. The van der Waals surface area contributed by atoms with Gasteiger partial charge in [0, 0.05) is 25.7 Å². The summed E-state index contributed by atoms with van der Waals surface area (Å²) in [6, 6.07) is 14.7. The van der Waals surface area contributed by atoms with Crippen LogP contribution in [-0.2, 0) is 107 Å². The highest BCUT2D eigenvalue weighted by molar-refractivity contribution is 5.75. The van der Waals surface area contributed by atoms with Crippen LogP contribution < -0.4 is 0 Å². The van der Waals surface area contributed by atoms with Gasteiger partial charge in [0.25, 0.3) is 0 Å². The number of hydrogen-bond donors (Lipinski definition) is 4. The Morgan fingerprint density at radius 1 is 0.294 bits per heavy atom. The first-order valence-corrected chi connectivity index (χ1v) is 30.5. The number of aromatic hydroxyl groups is 4. The highest BCUT2D eigenvalue weighted by atomic mass is 16.9. The lowest BCUT2D eigenvalue weighted by Crippen LogP contribution is -2.57. The van der Waals surface area contributed by atoms with Crippen molar-refractivity contribution in [2.24, 2.45) is 5.41 Å². The summed E-state index contributed by atoms with van der Waals surface area (Å²) in [7, 11) is 0. The van der Waals surface area contributed by atoms with Gasteiger partial charge in [-0.2, -0.15) is 0 Å². The van der Waals surface area contributed by atoms with Gasteiger partial charge >= 0.3 is 29.9 Å². The number of benzene rings is 4. The average molecular weight is 1180 g/mol. The summed E-state index contributed by atoms with van der Waals surface area (Å²) in [5.41, 5.74) is 4.09. The Morgan fingerprint density at radius 3 is 0.671 bits per heavy atom.